The number of hydrogen-bond acceptors (Lipinski definition) is 6. The lowest BCUT2D eigenvalue weighted by Crippen LogP contribution is -2.48. The fourth-order valence-corrected chi connectivity index (χ4v) is 4.98. The second kappa shape index (κ2) is 9.73. The van der Waals surface area contributed by atoms with E-state index in [1.54, 1.807) is 24.1 Å². The SMILES string of the molecule is Cc1nc(CNC(=O)NCC2=NC3(CCC3)C(=O)N2c2ccc3cccnc3c2)n(-c2ccc(Cl)c(F)c2)n1. The fourth-order valence-electron chi connectivity index (χ4n) is 4.86. The van der Waals surface area contributed by atoms with Crippen LogP contribution in [0.3, 0.4) is 0 Å². The normalized spacial score (nSPS) is 15.9. The number of amides is 3. The van der Waals surface area contributed by atoms with E-state index in [-0.39, 0.29) is 24.0 Å². The van der Waals surface area contributed by atoms with Crippen LogP contribution in [0.15, 0.2) is 59.7 Å². The average molecular weight is 547 g/mol. The van der Waals surface area contributed by atoms with Gasteiger partial charge < -0.3 is 10.6 Å². The van der Waals surface area contributed by atoms with E-state index in [4.69, 9.17) is 16.6 Å². The lowest BCUT2D eigenvalue weighted by atomic mass is 9.77. The van der Waals surface area contributed by atoms with Crippen LogP contribution in [0.1, 0.15) is 30.9 Å². The molecule has 0 saturated heterocycles. The first-order valence-corrected chi connectivity index (χ1v) is 12.9. The number of carbonyl (C=O) groups is 2. The van der Waals surface area contributed by atoms with Crippen LogP contribution in [-0.2, 0) is 11.3 Å². The highest BCUT2D eigenvalue weighted by atomic mass is 35.5. The number of urea groups is 1. The molecule has 3 amide bonds. The zero-order valence-corrected chi connectivity index (χ0v) is 21.7. The number of rotatable bonds is 6. The van der Waals surface area contributed by atoms with Gasteiger partial charge in [-0.3, -0.25) is 19.7 Å². The van der Waals surface area contributed by atoms with Gasteiger partial charge in [-0.1, -0.05) is 23.7 Å². The Balaban J connectivity index is 1.16. The Morgan fingerprint density at radius 3 is 2.67 bits per heavy atom. The summed E-state index contributed by atoms with van der Waals surface area (Å²) >= 11 is 5.80. The van der Waals surface area contributed by atoms with Gasteiger partial charge in [0.25, 0.3) is 5.91 Å². The Bertz CT molecular complexity index is 1650. The molecular weight excluding hydrogens is 523 g/mol. The van der Waals surface area contributed by atoms with Gasteiger partial charge in [-0.05, 0) is 56.5 Å². The van der Waals surface area contributed by atoms with Crippen molar-refractivity contribution >= 4 is 46.0 Å². The molecule has 3 heterocycles. The zero-order valence-electron chi connectivity index (χ0n) is 21.0. The fraction of sp³-hybridized carbons (Fsp3) is 0.259. The molecule has 0 unspecified atom stereocenters. The number of nitrogens with one attached hydrogen (secondary N) is 2. The lowest BCUT2D eigenvalue weighted by Gasteiger charge is -2.33. The van der Waals surface area contributed by atoms with Crippen molar-refractivity contribution in [1.29, 1.82) is 0 Å². The number of pyridine rings is 1. The summed E-state index contributed by atoms with van der Waals surface area (Å²) < 4.78 is 15.4. The summed E-state index contributed by atoms with van der Waals surface area (Å²) in [7, 11) is 0. The van der Waals surface area contributed by atoms with Crippen LogP contribution >= 0.6 is 11.6 Å². The predicted molar refractivity (Wildman–Crippen MR) is 145 cm³/mol. The van der Waals surface area contributed by atoms with E-state index in [1.807, 2.05) is 30.3 Å². The third-order valence-electron chi connectivity index (χ3n) is 6.97. The maximum absolute atomic E-state index is 14.0. The van der Waals surface area contributed by atoms with Gasteiger partial charge in [0.05, 0.1) is 35.0 Å². The number of amidine groups is 1. The number of nitrogens with zero attached hydrogens (tertiary/aromatic N) is 6. The number of aromatic nitrogens is 4. The molecule has 1 saturated carbocycles. The summed E-state index contributed by atoms with van der Waals surface area (Å²) in [5.41, 5.74) is 1.10. The molecule has 1 aliphatic carbocycles. The monoisotopic (exact) mass is 546 g/mol. The number of carbonyl (C=O) groups excluding carboxylic acids is 2. The van der Waals surface area contributed by atoms with E-state index in [0.717, 1.165) is 17.3 Å². The van der Waals surface area contributed by atoms with Gasteiger partial charge in [0.15, 0.2) is 5.82 Å². The molecule has 2 aliphatic rings. The first kappa shape index (κ1) is 24.9. The molecule has 2 aromatic carbocycles. The van der Waals surface area contributed by atoms with Crippen molar-refractivity contribution in [3.05, 3.63) is 77.2 Å². The molecule has 6 rings (SSSR count). The Kier molecular flexibility index (Phi) is 6.22. The summed E-state index contributed by atoms with van der Waals surface area (Å²) in [6.45, 7) is 1.79. The number of hydrogen-bond donors (Lipinski definition) is 2. The molecule has 198 valence electrons. The van der Waals surface area contributed by atoms with Crippen LogP contribution in [-0.4, -0.2) is 49.6 Å². The van der Waals surface area contributed by atoms with E-state index in [1.165, 1.54) is 16.8 Å². The van der Waals surface area contributed by atoms with Crippen molar-refractivity contribution in [2.45, 2.75) is 38.3 Å². The highest BCUT2D eigenvalue weighted by Crippen LogP contribution is 2.42. The summed E-state index contributed by atoms with van der Waals surface area (Å²) in [6.07, 6.45) is 4.01. The smallest absolute Gasteiger partial charge is 0.315 e. The third kappa shape index (κ3) is 4.59. The van der Waals surface area contributed by atoms with E-state index >= 15 is 0 Å². The number of anilines is 1. The Morgan fingerprint density at radius 2 is 1.90 bits per heavy atom. The van der Waals surface area contributed by atoms with Gasteiger partial charge in [-0.25, -0.2) is 18.9 Å². The van der Waals surface area contributed by atoms with E-state index < -0.39 is 17.4 Å². The second-order valence-electron chi connectivity index (χ2n) is 9.56. The highest BCUT2D eigenvalue weighted by Gasteiger charge is 2.52. The van der Waals surface area contributed by atoms with Gasteiger partial charge in [-0.15, -0.1) is 0 Å². The van der Waals surface area contributed by atoms with Crippen molar-refractivity contribution in [2.75, 3.05) is 11.4 Å². The van der Waals surface area contributed by atoms with Crippen LogP contribution in [0.5, 0.6) is 0 Å². The Labute approximate surface area is 227 Å². The summed E-state index contributed by atoms with van der Waals surface area (Å²) in [5, 5.41) is 10.8. The summed E-state index contributed by atoms with van der Waals surface area (Å²) in [5.74, 6) is 0.687. The number of fused-ring (bicyclic) bond motifs is 1. The molecule has 1 fully saturated rings. The number of halogens is 2. The van der Waals surface area contributed by atoms with Crippen LogP contribution < -0.4 is 15.5 Å². The summed E-state index contributed by atoms with van der Waals surface area (Å²) in [6, 6.07) is 13.3. The van der Waals surface area contributed by atoms with Crippen LogP contribution in [0, 0.1) is 12.7 Å². The average Bonchev–Trinajstić information content (AvgIpc) is 3.44. The molecule has 10 nitrogen and oxygen atoms in total. The minimum absolute atomic E-state index is 0.000579. The number of aliphatic imine (C=N–C) groups is 1. The van der Waals surface area contributed by atoms with Crippen molar-refractivity contribution in [2.24, 2.45) is 4.99 Å². The highest BCUT2D eigenvalue weighted by molar-refractivity contribution is 6.30. The molecule has 2 N–H and O–H groups in total. The topological polar surface area (TPSA) is 117 Å². The predicted octanol–water partition coefficient (Wildman–Crippen LogP) is 4.08. The van der Waals surface area contributed by atoms with Crippen molar-refractivity contribution in [1.82, 2.24) is 30.4 Å². The molecule has 0 radical (unpaired) electrons. The zero-order chi connectivity index (χ0) is 27.1. The largest absolute Gasteiger partial charge is 0.331 e. The number of aryl methyl sites for hydroxylation is 1. The third-order valence-corrected chi connectivity index (χ3v) is 7.28. The Morgan fingerprint density at radius 1 is 1.10 bits per heavy atom. The van der Waals surface area contributed by atoms with Crippen LogP contribution in [0.25, 0.3) is 16.6 Å². The molecule has 39 heavy (non-hydrogen) atoms. The number of benzene rings is 2. The minimum Gasteiger partial charge on any atom is -0.331 e. The molecule has 0 atom stereocenters. The van der Waals surface area contributed by atoms with Crippen LogP contribution in [0.2, 0.25) is 5.02 Å². The molecule has 2 aromatic heterocycles. The van der Waals surface area contributed by atoms with Gasteiger partial charge in [-0.2, -0.15) is 5.10 Å². The summed E-state index contributed by atoms with van der Waals surface area (Å²) in [4.78, 5) is 41.3. The standard InChI is InChI=1S/C27H24ClFN8O2/c1-16-33-23(37(35-16)19-7-8-20(28)21(29)12-19)14-31-26(39)32-15-24-34-27(9-3-10-27)25(38)36(24)18-6-5-17-4-2-11-30-22(17)13-18/h2,4-8,11-13H,3,9-10,14-15H2,1H3,(H2,31,32,39). The van der Waals surface area contributed by atoms with Crippen molar-refractivity contribution in [3.8, 4) is 5.69 Å². The van der Waals surface area contributed by atoms with Crippen LogP contribution in [0.4, 0.5) is 14.9 Å². The maximum atomic E-state index is 14.0. The quantitative estimate of drug-likeness (QED) is 0.378. The minimum atomic E-state index is -0.756. The van der Waals surface area contributed by atoms with Gasteiger partial charge >= 0.3 is 6.03 Å². The molecule has 1 spiro atoms. The maximum Gasteiger partial charge on any atom is 0.315 e. The molecule has 4 aromatic rings. The van der Waals surface area contributed by atoms with Gasteiger partial charge in [0.1, 0.15) is 23.0 Å². The molecule has 1 aliphatic heterocycles. The first-order chi connectivity index (χ1) is 18.8. The molecule has 0 bridgehead atoms. The molecule has 12 heteroatoms. The van der Waals surface area contributed by atoms with Crippen molar-refractivity contribution in [3.63, 3.8) is 0 Å². The van der Waals surface area contributed by atoms with Crippen molar-refractivity contribution < 1.29 is 14.0 Å². The second-order valence-corrected chi connectivity index (χ2v) is 9.96. The van der Waals surface area contributed by atoms with Gasteiger partial charge in [0, 0.05) is 17.6 Å². The first-order valence-electron chi connectivity index (χ1n) is 12.5. The lowest BCUT2D eigenvalue weighted by molar-refractivity contribution is -0.124. The van der Waals surface area contributed by atoms with E-state index in [0.29, 0.717) is 41.7 Å². The van der Waals surface area contributed by atoms with Gasteiger partial charge in [0.2, 0.25) is 0 Å². The van der Waals surface area contributed by atoms with E-state index in [2.05, 4.69) is 25.7 Å². The molecular formula is C27H24ClFN8O2. The van der Waals surface area contributed by atoms with E-state index in [9.17, 15) is 14.0 Å². The Hall–Kier alpha value is -4.38.